The topological polar surface area (TPSA) is 89.0 Å². The highest BCUT2D eigenvalue weighted by Gasteiger charge is 2.39. The van der Waals surface area contributed by atoms with Crippen molar-refractivity contribution >= 4 is 27.5 Å². The number of nitrogens with zero attached hydrogens (tertiary/aromatic N) is 3. The Hall–Kier alpha value is -2.17. The summed E-state index contributed by atoms with van der Waals surface area (Å²) in [7, 11) is -1.99. The first kappa shape index (κ1) is 24.5. The fourth-order valence-corrected chi connectivity index (χ4v) is 7.56. The van der Waals surface area contributed by atoms with E-state index in [1.54, 1.807) is 36.8 Å². The van der Waals surface area contributed by atoms with E-state index in [-0.39, 0.29) is 16.9 Å². The van der Waals surface area contributed by atoms with Crippen molar-refractivity contribution in [1.82, 2.24) is 14.2 Å². The van der Waals surface area contributed by atoms with Crippen LogP contribution in [0.2, 0.25) is 0 Å². The molecule has 1 saturated heterocycles. The molecule has 8 nitrogen and oxygen atoms in total. The molecule has 3 aliphatic rings. The zero-order valence-electron chi connectivity index (χ0n) is 20.1. The lowest BCUT2D eigenvalue weighted by Gasteiger charge is -2.33. The lowest BCUT2D eigenvalue weighted by molar-refractivity contribution is 0.111. The van der Waals surface area contributed by atoms with E-state index in [0.29, 0.717) is 49.6 Å². The first-order valence-electron chi connectivity index (χ1n) is 12.6. The second kappa shape index (κ2) is 10.4. The summed E-state index contributed by atoms with van der Waals surface area (Å²) in [5, 5.41) is 2.71. The van der Waals surface area contributed by atoms with Gasteiger partial charge in [-0.15, -0.1) is 11.3 Å². The van der Waals surface area contributed by atoms with Crippen molar-refractivity contribution in [2.24, 2.45) is 0 Å². The van der Waals surface area contributed by atoms with Crippen LogP contribution in [0, 0.1) is 0 Å². The van der Waals surface area contributed by atoms with E-state index in [0.717, 1.165) is 30.7 Å². The largest absolute Gasteiger partial charge is 0.497 e. The maximum atomic E-state index is 13.0. The highest BCUT2D eigenvalue weighted by atomic mass is 32.2. The Morgan fingerprint density at radius 3 is 2.29 bits per heavy atom. The molecule has 0 atom stereocenters. The van der Waals surface area contributed by atoms with E-state index in [1.165, 1.54) is 34.9 Å². The van der Waals surface area contributed by atoms with E-state index in [9.17, 15) is 13.2 Å². The molecule has 1 aromatic carbocycles. The third-order valence-corrected chi connectivity index (χ3v) is 10.2. The molecular formula is C25H33N3O5S2. The molecule has 0 radical (unpaired) electrons. The highest BCUT2D eigenvalue weighted by molar-refractivity contribution is 7.89. The molecule has 190 valence electrons. The lowest BCUT2D eigenvalue weighted by atomic mass is 9.94. The van der Waals surface area contributed by atoms with E-state index in [2.05, 4.69) is 4.98 Å². The maximum Gasteiger partial charge on any atom is 0.417 e. The number of carbonyl (C=O) groups excluding carboxylic acids is 1. The Morgan fingerprint density at radius 2 is 1.66 bits per heavy atom. The van der Waals surface area contributed by atoms with Crippen LogP contribution in [-0.2, 0) is 10.0 Å². The molecule has 1 amide bonds. The molecule has 1 aliphatic heterocycles. The van der Waals surface area contributed by atoms with Crippen LogP contribution in [0.1, 0.15) is 68.7 Å². The summed E-state index contributed by atoms with van der Waals surface area (Å²) in [6.07, 6.45) is 8.95. The minimum Gasteiger partial charge on any atom is -0.497 e. The van der Waals surface area contributed by atoms with Gasteiger partial charge in [-0.05, 0) is 62.8 Å². The number of rotatable bonds is 7. The number of amides is 1. The molecule has 35 heavy (non-hydrogen) atoms. The molecule has 10 heteroatoms. The molecule has 2 heterocycles. The second-order valence-corrected chi connectivity index (χ2v) is 12.5. The summed E-state index contributed by atoms with van der Waals surface area (Å²) < 4.78 is 38.4. The van der Waals surface area contributed by atoms with Crippen molar-refractivity contribution in [2.75, 3.05) is 20.2 Å². The maximum absolute atomic E-state index is 13.0. The fraction of sp³-hybridized carbons (Fsp3) is 0.600. The van der Waals surface area contributed by atoms with Gasteiger partial charge < -0.3 is 14.4 Å². The van der Waals surface area contributed by atoms with Crippen molar-refractivity contribution < 1.29 is 22.7 Å². The molecule has 1 aromatic heterocycles. The number of ether oxygens (including phenoxy) is 2. The SMILES string of the molecule is COc1ccc(S(=O)(=O)N2CCC(c3nc(OC(=O)N(C4CCCCC4)C4CC4)cs3)CC2)cc1. The third-order valence-electron chi connectivity index (χ3n) is 7.31. The van der Waals surface area contributed by atoms with Gasteiger partial charge in [-0.25, -0.2) is 18.2 Å². The Morgan fingerprint density at radius 1 is 1.00 bits per heavy atom. The van der Waals surface area contributed by atoms with Crippen molar-refractivity contribution in [3.63, 3.8) is 0 Å². The number of carbonyl (C=O) groups is 1. The molecule has 0 unspecified atom stereocenters. The fourth-order valence-electron chi connectivity index (χ4n) is 5.20. The minimum atomic E-state index is -3.54. The quantitative estimate of drug-likeness (QED) is 0.511. The first-order valence-corrected chi connectivity index (χ1v) is 14.9. The number of thiazole rings is 1. The average Bonchev–Trinajstić information content (AvgIpc) is 3.61. The van der Waals surface area contributed by atoms with Gasteiger partial charge in [-0.2, -0.15) is 4.31 Å². The third kappa shape index (κ3) is 5.49. The van der Waals surface area contributed by atoms with Gasteiger partial charge in [-0.1, -0.05) is 19.3 Å². The Kier molecular flexibility index (Phi) is 7.31. The van der Waals surface area contributed by atoms with Crippen LogP contribution in [-0.4, -0.2) is 61.0 Å². The summed E-state index contributed by atoms with van der Waals surface area (Å²) in [4.78, 5) is 19.9. The molecule has 3 fully saturated rings. The van der Waals surface area contributed by atoms with Crippen LogP contribution >= 0.6 is 11.3 Å². The van der Waals surface area contributed by atoms with Crippen molar-refractivity contribution in [3.8, 4) is 11.6 Å². The molecule has 2 saturated carbocycles. The monoisotopic (exact) mass is 519 g/mol. The van der Waals surface area contributed by atoms with Crippen molar-refractivity contribution in [1.29, 1.82) is 0 Å². The number of hydrogen-bond acceptors (Lipinski definition) is 7. The summed E-state index contributed by atoms with van der Waals surface area (Å²) in [5.41, 5.74) is 0. The normalized spacial score (nSPS) is 20.5. The molecular weight excluding hydrogens is 486 g/mol. The van der Waals surface area contributed by atoms with Gasteiger partial charge in [0.2, 0.25) is 15.9 Å². The van der Waals surface area contributed by atoms with Crippen LogP contribution in [0.3, 0.4) is 0 Å². The van der Waals surface area contributed by atoms with E-state index < -0.39 is 10.0 Å². The standard InChI is InChI=1S/C25H33N3O5S2/c1-32-21-9-11-22(12-10-21)35(30,31)27-15-13-18(14-16-27)24-26-23(17-34-24)33-25(29)28(20-7-8-20)19-5-3-2-4-6-19/h9-12,17-20H,2-8,13-16H2,1H3. The molecule has 5 rings (SSSR count). The Balaban J connectivity index is 1.18. The van der Waals surface area contributed by atoms with Crippen LogP contribution in [0.15, 0.2) is 34.5 Å². The molecule has 2 aromatic rings. The number of piperidine rings is 1. The van der Waals surface area contributed by atoms with Crippen molar-refractivity contribution in [2.45, 2.75) is 80.7 Å². The summed E-state index contributed by atoms with van der Waals surface area (Å²) in [5.74, 6) is 1.15. The number of sulfonamides is 1. The van der Waals surface area contributed by atoms with Gasteiger partial charge in [0.05, 0.1) is 22.4 Å². The zero-order valence-corrected chi connectivity index (χ0v) is 21.7. The smallest absolute Gasteiger partial charge is 0.417 e. The van der Waals surface area contributed by atoms with Gasteiger partial charge in [0.15, 0.2) is 0 Å². The lowest BCUT2D eigenvalue weighted by Crippen LogP contribution is -2.44. The van der Waals surface area contributed by atoms with Crippen LogP contribution in [0.25, 0.3) is 0 Å². The Labute approximate surface area is 211 Å². The van der Waals surface area contributed by atoms with Gasteiger partial charge in [0, 0.05) is 31.1 Å². The van der Waals surface area contributed by atoms with Gasteiger partial charge in [0.1, 0.15) is 5.75 Å². The minimum absolute atomic E-state index is 0.160. The number of benzene rings is 1. The average molecular weight is 520 g/mol. The summed E-state index contributed by atoms with van der Waals surface area (Å²) >= 11 is 1.49. The van der Waals surface area contributed by atoms with Crippen LogP contribution < -0.4 is 9.47 Å². The van der Waals surface area contributed by atoms with Crippen LogP contribution in [0.5, 0.6) is 11.6 Å². The predicted octanol–water partition coefficient (Wildman–Crippen LogP) is 5.02. The van der Waals surface area contributed by atoms with Gasteiger partial charge in [0.25, 0.3) is 0 Å². The molecule has 2 aliphatic carbocycles. The number of hydrogen-bond donors (Lipinski definition) is 0. The number of aromatic nitrogens is 1. The molecule has 0 spiro atoms. The zero-order chi connectivity index (χ0) is 24.4. The molecule has 0 bridgehead atoms. The van der Waals surface area contributed by atoms with Crippen LogP contribution in [0.4, 0.5) is 4.79 Å². The predicted molar refractivity (Wildman–Crippen MR) is 134 cm³/mol. The Bertz CT molecular complexity index is 1120. The number of methoxy groups -OCH3 is 1. The van der Waals surface area contributed by atoms with Gasteiger partial charge in [-0.3, -0.25) is 0 Å². The van der Waals surface area contributed by atoms with E-state index in [4.69, 9.17) is 9.47 Å². The van der Waals surface area contributed by atoms with Gasteiger partial charge >= 0.3 is 6.09 Å². The summed E-state index contributed by atoms with van der Waals surface area (Å²) in [6.45, 7) is 0.871. The highest BCUT2D eigenvalue weighted by Crippen LogP contribution is 2.36. The van der Waals surface area contributed by atoms with E-state index >= 15 is 0 Å². The van der Waals surface area contributed by atoms with Crippen molar-refractivity contribution in [3.05, 3.63) is 34.7 Å². The molecule has 0 N–H and O–H groups in total. The summed E-state index contributed by atoms with van der Waals surface area (Å²) in [6, 6.07) is 7.10. The second-order valence-electron chi connectivity index (χ2n) is 9.68. The first-order chi connectivity index (χ1) is 17.0. The van der Waals surface area contributed by atoms with E-state index in [1.807, 2.05) is 4.90 Å².